The van der Waals surface area contributed by atoms with Crippen LogP contribution < -0.4 is 0 Å². The third-order valence-electron chi connectivity index (χ3n) is 15.3. The normalized spacial score (nSPS) is 42.4. The molecule has 0 aliphatic heterocycles. The second-order valence-corrected chi connectivity index (χ2v) is 18.0. The summed E-state index contributed by atoms with van der Waals surface area (Å²) in [6.45, 7) is 22.7. The van der Waals surface area contributed by atoms with E-state index in [0.717, 1.165) is 44.9 Å². The smallest absolute Gasteiger partial charge is 0.306 e. The Morgan fingerprint density at radius 2 is 1.33 bits per heavy atom. The molecule has 5 saturated carbocycles. The molecule has 0 saturated heterocycles. The summed E-state index contributed by atoms with van der Waals surface area (Å²) in [6.07, 6.45) is 11.9. The summed E-state index contributed by atoms with van der Waals surface area (Å²) in [7, 11) is 0. The molecular weight excluding hydrogens is 576 g/mol. The van der Waals surface area contributed by atoms with Gasteiger partial charge in [0.1, 0.15) is 17.7 Å². The largest absolute Gasteiger partial charge is 0.465 e. The number of esters is 2. The molecule has 0 amide bonds. The van der Waals surface area contributed by atoms with E-state index in [1.807, 2.05) is 0 Å². The van der Waals surface area contributed by atoms with Gasteiger partial charge in [-0.05, 0) is 131 Å². The monoisotopic (exact) mass is 638 g/mol. The van der Waals surface area contributed by atoms with Crippen LogP contribution in [0.2, 0.25) is 0 Å². The lowest BCUT2D eigenvalue weighted by Gasteiger charge is -2.73. The molecule has 46 heavy (non-hydrogen) atoms. The highest BCUT2D eigenvalue weighted by molar-refractivity contribution is 5.81. The van der Waals surface area contributed by atoms with Crippen molar-refractivity contribution in [3.05, 3.63) is 12.2 Å². The number of hydrogen-bond donors (Lipinski definition) is 0. The molecule has 6 nitrogen and oxygen atoms in total. The summed E-state index contributed by atoms with van der Waals surface area (Å²) < 4.78 is 12.1. The standard InChI is InChI=1S/C40H62O6/c1-25(2)28-16-21-40(24-45-33(43)14-10-26(3)41)23-22-38(8)29(35(28)40)12-13-31-37(7)19-18-32(46-34(44)15-11-27(4)42)36(5,6)30(37)17-20-39(31,38)9/h28-32,35H,1,10-24H2,2-9H3/t28-,29+,30-,31+,32-,35+,37-,38+,39+,40+/m0/s1. The molecule has 5 aliphatic carbocycles. The first-order chi connectivity index (χ1) is 21.4. The van der Waals surface area contributed by atoms with Crippen LogP contribution in [-0.4, -0.2) is 36.2 Å². The van der Waals surface area contributed by atoms with Crippen molar-refractivity contribution in [2.75, 3.05) is 6.61 Å². The third kappa shape index (κ3) is 5.74. The Bertz CT molecular complexity index is 1250. The molecule has 5 fully saturated rings. The van der Waals surface area contributed by atoms with Crippen LogP contribution in [0.1, 0.15) is 145 Å². The highest BCUT2D eigenvalue weighted by Crippen LogP contribution is 2.77. The van der Waals surface area contributed by atoms with Crippen molar-refractivity contribution in [1.29, 1.82) is 0 Å². The number of rotatable bonds is 10. The molecule has 0 spiro atoms. The minimum atomic E-state index is -0.236. The van der Waals surface area contributed by atoms with Crippen molar-refractivity contribution < 1.29 is 28.7 Å². The van der Waals surface area contributed by atoms with Crippen LogP contribution in [0.25, 0.3) is 0 Å². The van der Waals surface area contributed by atoms with Gasteiger partial charge in [-0.3, -0.25) is 9.59 Å². The molecule has 0 aromatic heterocycles. The van der Waals surface area contributed by atoms with Crippen LogP contribution in [0.4, 0.5) is 0 Å². The van der Waals surface area contributed by atoms with E-state index < -0.39 is 0 Å². The van der Waals surface area contributed by atoms with Gasteiger partial charge >= 0.3 is 11.9 Å². The zero-order valence-corrected chi connectivity index (χ0v) is 30.2. The predicted molar refractivity (Wildman–Crippen MR) is 180 cm³/mol. The number of ketones is 2. The lowest BCUT2D eigenvalue weighted by Crippen LogP contribution is -2.67. The molecule has 258 valence electrons. The van der Waals surface area contributed by atoms with Gasteiger partial charge in [-0.15, -0.1) is 0 Å². The topological polar surface area (TPSA) is 86.7 Å². The summed E-state index contributed by atoms with van der Waals surface area (Å²) in [6, 6.07) is 0. The second-order valence-electron chi connectivity index (χ2n) is 18.0. The number of carbonyl (C=O) groups excluding carboxylic acids is 4. The van der Waals surface area contributed by atoms with Gasteiger partial charge in [0.05, 0.1) is 19.4 Å². The number of carbonyl (C=O) groups is 4. The number of fused-ring (bicyclic) bond motifs is 7. The molecule has 0 bridgehead atoms. The van der Waals surface area contributed by atoms with E-state index in [1.165, 1.54) is 38.7 Å². The quantitative estimate of drug-likeness (QED) is 0.176. The summed E-state index contributed by atoms with van der Waals surface area (Å²) in [5.74, 6) is 2.16. The van der Waals surface area contributed by atoms with Crippen LogP contribution >= 0.6 is 0 Å². The molecule has 5 rings (SSSR count). The van der Waals surface area contributed by atoms with Gasteiger partial charge in [0.25, 0.3) is 0 Å². The van der Waals surface area contributed by atoms with Crippen molar-refractivity contribution in [1.82, 2.24) is 0 Å². The first-order valence-corrected chi connectivity index (χ1v) is 18.4. The van der Waals surface area contributed by atoms with E-state index in [4.69, 9.17) is 9.47 Å². The highest BCUT2D eigenvalue weighted by atomic mass is 16.5. The lowest BCUT2D eigenvalue weighted by molar-refractivity contribution is -0.252. The van der Waals surface area contributed by atoms with Crippen molar-refractivity contribution in [2.24, 2.45) is 56.7 Å². The fourth-order valence-electron chi connectivity index (χ4n) is 12.8. The van der Waals surface area contributed by atoms with Crippen LogP contribution in [0, 0.1) is 56.7 Å². The Labute approximate surface area is 278 Å². The fraction of sp³-hybridized carbons (Fsp3) is 0.850. The maximum Gasteiger partial charge on any atom is 0.306 e. The average Bonchev–Trinajstić information content (AvgIpc) is 3.36. The van der Waals surface area contributed by atoms with E-state index >= 15 is 0 Å². The highest BCUT2D eigenvalue weighted by Gasteiger charge is 2.71. The number of ether oxygens (including phenoxy) is 2. The van der Waals surface area contributed by atoms with E-state index in [1.54, 1.807) is 0 Å². The predicted octanol–water partition coefficient (Wildman–Crippen LogP) is 8.84. The lowest BCUT2D eigenvalue weighted by atomic mass is 9.32. The van der Waals surface area contributed by atoms with Gasteiger partial charge in [-0.2, -0.15) is 0 Å². The van der Waals surface area contributed by atoms with E-state index in [-0.39, 0.29) is 82.4 Å². The average molecular weight is 639 g/mol. The maximum absolute atomic E-state index is 12.7. The maximum atomic E-state index is 12.7. The summed E-state index contributed by atoms with van der Waals surface area (Å²) in [5, 5.41) is 0. The summed E-state index contributed by atoms with van der Waals surface area (Å²) in [5.41, 5.74) is 1.72. The Morgan fingerprint density at radius 3 is 1.96 bits per heavy atom. The second kappa shape index (κ2) is 12.5. The van der Waals surface area contributed by atoms with Crippen molar-refractivity contribution >= 4 is 23.5 Å². The SMILES string of the molecule is C=C(C)[C@@H]1CC[C@]2(COC(=O)CCC(C)=O)CC[C@]3(C)[C@H](CC[C@@H]4[C@@]5(C)CC[C@H](OC(=O)CCC(C)=O)C(C)(C)[C@@H]5CC[C@]43C)[C@@H]12. The minimum absolute atomic E-state index is 0.00368. The Kier molecular flexibility index (Phi) is 9.58. The van der Waals surface area contributed by atoms with Gasteiger partial charge in [-0.1, -0.05) is 46.8 Å². The fourth-order valence-corrected chi connectivity index (χ4v) is 12.8. The summed E-state index contributed by atoms with van der Waals surface area (Å²) in [4.78, 5) is 48.4. The molecule has 10 atom stereocenters. The first kappa shape index (κ1) is 35.3. The zero-order valence-electron chi connectivity index (χ0n) is 30.2. The van der Waals surface area contributed by atoms with Gasteiger partial charge in [-0.25, -0.2) is 0 Å². The number of Topliss-reactive ketones (excluding diaryl/α,β-unsaturated/α-hetero) is 2. The molecule has 0 aromatic rings. The molecule has 5 aliphatic rings. The molecular formula is C40H62O6. The van der Waals surface area contributed by atoms with Crippen molar-refractivity contribution in [3.8, 4) is 0 Å². The van der Waals surface area contributed by atoms with Crippen molar-refractivity contribution in [2.45, 2.75) is 151 Å². The van der Waals surface area contributed by atoms with Gasteiger partial charge in [0.15, 0.2) is 0 Å². The Balaban J connectivity index is 1.38. The van der Waals surface area contributed by atoms with Crippen molar-refractivity contribution in [3.63, 3.8) is 0 Å². The Morgan fingerprint density at radius 1 is 0.674 bits per heavy atom. The van der Waals surface area contributed by atoms with Gasteiger partial charge in [0.2, 0.25) is 0 Å². The molecule has 0 radical (unpaired) electrons. The van der Waals surface area contributed by atoms with Gasteiger partial charge in [0, 0.05) is 23.7 Å². The number of allylic oxidation sites excluding steroid dienone is 1. The Hall–Kier alpha value is -1.98. The first-order valence-electron chi connectivity index (χ1n) is 18.4. The molecule has 0 N–H and O–H groups in total. The van der Waals surface area contributed by atoms with Crippen LogP contribution in [0.15, 0.2) is 12.2 Å². The molecule has 0 unspecified atom stereocenters. The van der Waals surface area contributed by atoms with E-state index in [0.29, 0.717) is 36.2 Å². The minimum Gasteiger partial charge on any atom is -0.465 e. The van der Waals surface area contributed by atoms with E-state index in [2.05, 4.69) is 48.1 Å². The van der Waals surface area contributed by atoms with Crippen LogP contribution in [0.3, 0.4) is 0 Å². The molecule has 0 heterocycles. The van der Waals surface area contributed by atoms with Crippen LogP contribution in [0.5, 0.6) is 0 Å². The molecule has 6 heteroatoms. The third-order valence-corrected chi connectivity index (χ3v) is 15.3. The zero-order chi connectivity index (χ0) is 33.9. The van der Waals surface area contributed by atoms with Gasteiger partial charge < -0.3 is 19.1 Å². The van der Waals surface area contributed by atoms with Crippen LogP contribution in [-0.2, 0) is 28.7 Å². The molecule has 0 aromatic carbocycles. The number of hydrogen-bond acceptors (Lipinski definition) is 6. The van der Waals surface area contributed by atoms with E-state index in [9.17, 15) is 19.2 Å². The summed E-state index contributed by atoms with van der Waals surface area (Å²) >= 11 is 0.